The van der Waals surface area contributed by atoms with E-state index in [1.807, 2.05) is 19.1 Å². The Kier molecular flexibility index (Phi) is 5.16. The number of nitrogens with one attached hydrogen (secondary N) is 1. The Morgan fingerprint density at radius 2 is 1.62 bits per heavy atom. The largest absolute Gasteiger partial charge is 0.449 e. The van der Waals surface area contributed by atoms with E-state index in [-0.39, 0.29) is 28.9 Å². The van der Waals surface area contributed by atoms with Crippen molar-refractivity contribution >= 4 is 17.7 Å². The van der Waals surface area contributed by atoms with Gasteiger partial charge in [0.2, 0.25) is 0 Å². The number of ketones is 1. The van der Waals surface area contributed by atoms with Crippen LogP contribution >= 0.6 is 0 Å². The van der Waals surface area contributed by atoms with E-state index < -0.39 is 12.1 Å². The van der Waals surface area contributed by atoms with Crippen LogP contribution in [0.2, 0.25) is 0 Å². The van der Waals surface area contributed by atoms with E-state index in [1.54, 1.807) is 30.3 Å². The maximum atomic E-state index is 12.8. The molecule has 5 nitrogen and oxygen atoms in total. The van der Waals surface area contributed by atoms with Gasteiger partial charge in [0.1, 0.15) is 0 Å². The number of carbonyl (C=O) groups excluding carboxylic acids is 3. The topological polar surface area (TPSA) is 72.5 Å². The van der Waals surface area contributed by atoms with E-state index in [9.17, 15) is 14.4 Å². The van der Waals surface area contributed by atoms with Crippen molar-refractivity contribution in [2.24, 2.45) is 0 Å². The average molecular weight is 351 g/mol. The summed E-state index contributed by atoms with van der Waals surface area (Å²) in [5, 5.41) is 2.80. The Morgan fingerprint density at radius 1 is 1.00 bits per heavy atom. The minimum atomic E-state index is -0.911. The quantitative estimate of drug-likeness (QED) is 0.641. The van der Waals surface area contributed by atoms with Crippen LogP contribution in [0.4, 0.5) is 0 Å². The second-order valence-corrected chi connectivity index (χ2v) is 6.57. The summed E-state index contributed by atoms with van der Waals surface area (Å²) < 4.78 is 5.27. The van der Waals surface area contributed by atoms with Crippen molar-refractivity contribution in [3.8, 4) is 0 Å². The van der Waals surface area contributed by atoms with Crippen molar-refractivity contribution in [1.82, 2.24) is 5.32 Å². The van der Waals surface area contributed by atoms with Gasteiger partial charge in [-0.3, -0.25) is 9.59 Å². The van der Waals surface area contributed by atoms with Crippen LogP contribution in [0, 0.1) is 6.92 Å². The lowest BCUT2D eigenvalue weighted by atomic mass is 9.98. The Hall–Kier alpha value is -2.95. The fourth-order valence-electron chi connectivity index (χ4n) is 2.54. The molecule has 0 aromatic heterocycles. The molecule has 0 aliphatic heterocycles. The summed E-state index contributed by atoms with van der Waals surface area (Å²) in [6.07, 6.45) is 1.01. The van der Waals surface area contributed by atoms with Crippen LogP contribution in [0.1, 0.15) is 51.6 Å². The molecule has 0 bridgehead atoms. The summed E-state index contributed by atoms with van der Waals surface area (Å²) in [5.41, 5.74) is 1.96. The summed E-state index contributed by atoms with van der Waals surface area (Å²) in [6, 6.07) is 13.8. The fourth-order valence-corrected chi connectivity index (χ4v) is 2.54. The monoisotopic (exact) mass is 351 g/mol. The highest BCUT2D eigenvalue weighted by Crippen LogP contribution is 2.20. The van der Waals surface area contributed by atoms with E-state index >= 15 is 0 Å². The van der Waals surface area contributed by atoms with Gasteiger partial charge in [0.15, 0.2) is 11.9 Å². The van der Waals surface area contributed by atoms with Crippen LogP contribution in [0.25, 0.3) is 0 Å². The van der Waals surface area contributed by atoms with E-state index in [2.05, 4.69) is 5.32 Å². The summed E-state index contributed by atoms with van der Waals surface area (Å²) in [6.45, 7) is 3.47. The molecule has 0 saturated heterocycles. The second-order valence-electron chi connectivity index (χ2n) is 6.57. The molecule has 2 aromatic carbocycles. The minimum absolute atomic E-state index is 0.157. The molecule has 3 rings (SSSR count). The van der Waals surface area contributed by atoms with Crippen LogP contribution in [-0.4, -0.2) is 29.8 Å². The maximum absolute atomic E-state index is 12.8. The van der Waals surface area contributed by atoms with Gasteiger partial charge in [0, 0.05) is 17.2 Å². The smallest absolute Gasteiger partial charge is 0.339 e. The number of amides is 1. The standard InChI is InChI=1S/C21H21NO4/c1-13-7-9-15(10-8-13)19(23)17-5-3-4-6-18(17)21(25)26-14(2)20(24)22-16-11-12-16/h3-10,14,16H,11-12H2,1-2H3,(H,22,24)/t14-/m0/s1. The lowest BCUT2D eigenvalue weighted by Gasteiger charge is -2.14. The van der Waals surface area contributed by atoms with Crippen LogP contribution < -0.4 is 5.32 Å². The summed E-state index contributed by atoms with van der Waals surface area (Å²) in [4.78, 5) is 37.3. The van der Waals surface area contributed by atoms with Gasteiger partial charge in [-0.1, -0.05) is 48.0 Å². The first kappa shape index (κ1) is 17.9. The molecule has 1 aliphatic carbocycles. The predicted molar refractivity (Wildman–Crippen MR) is 97.1 cm³/mol. The van der Waals surface area contributed by atoms with Gasteiger partial charge in [-0.25, -0.2) is 4.79 Å². The number of rotatable bonds is 6. The number of esters is 1. The third-order valence-electron chi connectivity index (χ3n) is 4.28. The molecule has 0 heterocycles. The highest BCUT2D eigenvalue weighted by Gasteiger charge is 2.28. The lowest BCUT2D eigenvalue weighted by molar-refractivity contribution is -0.129. The zero-order valence-electron chi connectivity index (χ0n) is 14.8. The molecule has 134 valence electrons. The van der Waals surface area contributed by atoms with E-state index in [0.29, 0.717) is 5.56 Å². The molecule has 5 heteroatoms. The number of ether oxygens (including phenoxy) is 1. The van der Waals surface area contributed by atoms with Crippen LogP contribution in [0.5, 0.6) is 0 Å². The molecule has 26 heavy (non-hydrogen) atoms. The van der Waals surface area contributed by atoms with Gasteiger partial charge < -0.3 is 10.1 Å². The zero-order valence-corrected chi connectivity index (χ0v) is 14.8. The number of aryl methyl sites for hydroxylation is 1. The molecule has 0 radical (unpaired) electrons. The van der Waals surface area contributed by atoms with E-state index in [1.165, 1.54) is 13.0 Å². The van der Waals surface area contributed by atoms with Crippen molar-refractivity contribution in [1.29, 1.82) is 0 Å². The van der Waals surface area contributed by atoms with E-state index in [4.69, 9.17) is 4.74 Å². The number of benzene rings is 2. The van der Waals surface area contributed by atoms with Gasteiger partial charge in [-0.15, -0.1) is 0 Å². The van der Waals surface area contributed by atoms with Gasteiger partial charge in [0.25, 0.3) is 5.91 Å². The van der Waals surface area contributed by atoms with E-state index in [0.717, 1.165) is 18.4 Å². The van der Waals surface area contributed by atoms with Gasteiger partial charge >= 0.3 is 5.97 Å². The van der Waals surface area contributed by atoms with Crippen molar-refractivity contribution in [3.05, 3.63) is 70.8 Å². The third kappa shape index (κ3) is 4.17. The highest BCUT2D eigenvalue weighted by atomic mass is 16.5. The highest BCUT2D eigenvalue weighted by molar-refractivity contribution is 6.14. The number of hydrogen-bond donors (Lipinski definition) is 1. The number of hydrogen-bond acceptors (Lipinski definition) is 4. The lowest BCUT2D eigenvalue weighted by Crippen LogP contribution is -2.37. The first-order valence-electron chi connectivity index (χ1n) is 8.67. The van der Waals surface area contributed by atoms with Crippen molar-refractivity contribution in [2.75, 3.05) is 0 Å². The SMILES string of the molecule is Cc1ccc(C(=O)c2ccccc2C(=O)O[C@@H](C)C(=O)NC2CC2)cc1. The molecule has 0 spiro atoms. The molecule has 1 amide bonds. The molecule has 1 saturated carbocycles. The molecule has 1 fully saturated rings. The molecular weight excluding hydrogens is 330 g/mol. The Labute approximate surface area is 152 Å². The van der Waals surface area contributed by atoms with Crippen molar-refractivity contribution in [3.63, 3.8) is 0 Å². The van der Waals surface area contributed by atoms with Crippen LogP contribution in [0.3, 0.4) is 0 Å². The average Bonchev–Trinajstić information content (AvgIpc) is 3.45. The normalized spacial score (nSPS) is 14.4. The van der Waals surface area contributed by atoms with Gasteiger partial charge in [-0.2, -0.15) is 0 Å². The van der Waals surface area contributed by atoms with Crippen molar-refractivity contribution < 1.29 is 19.1 Å². The van der Waals surface area contributed by atoms with Crippen molar-refractivity contribution in [2.45, 2.75) is 38.8 Å². The molecule has 1 aliphatic rings. The minimum Gasteiger partial charge on any atom is -0.449 e. The predicted octanol–water partition coefficient (Wildman–Crippen LogP) is 3.05. The van der Waals surface area contributed by atoms with Gasteiger partial charge in [0.05, 0.1) is 5.56 Å². The number of carbonyl (C=O) groups is 3. The first-order valence-corrected chi connectivity index (χ1v) is 8.67. The Bertz CT molecular complexity index is 837. The summed E-state index contributed by atoms with van der Waals surface area (Å²) in [7, 11) is 0. The van der Waals surface area contributed by atoms with Crippen LogP contribution in [0.15, 0.2) is 48.5 Å². The molecule has 2 aromatic rings. The molecule has 0 unspecified atom stereocenters. The summed E-state index contributed by atoms with van der Waals surface area (Å²) >= 11 is 0. The molecule has 1 atom stereocenters. The fraction of sp³-hybridized carbons (Fsp3) is 0.286. The maximum Gasteiger partial charge on any atom is 0.339 e. The summed E-state index contributed by atoms with van der Waals surface area (Å²) in [5.74, 6) is -1.25. The zero-order chi connectivity index (χ0) is 18.7. The second kappa shape index (κ2) is 7.52. The molecule has 1 N–H and O–H groups in total. The van der Waals surface area contributed by atoms with Gasteiger partial charge in [-0.05, 0) is 32.8 Å². The first-order chi connectivity index (χ1) is 12.5. The Balaban J connectivity index is 1.77. The Morgan fingerprint density at radius 3 is 2.23 bits per heavy atom. The third-order valence-corrected chi connectivity index (χ3v) is 4.28. The van der Waals surface area contributed by atoms with Crippen LogP contribution in [-0.2, 0) is 9.53 Å². The molecular formula is C21H21NO4.